The van der Waals surface area contributed by atoms with Gasteiger partial charge in [-0.1, -0.05) is 42.5 Å². The lowest BCUT2D eigenvalue weighted by atomic mass is 9.92. The van der Waals surface area contributed by atoms with E-state index in [1.54, 1.807) is 4.90 Å². The molecule has 0 aliphatic carbocycles. The summed E-state index contributed by atoms with van der Waals surface area (Å²) in [5, 5.41) is 3.15. The highest BCUT2D eigenvalue weighted by atomic mass is 16.5. The maximum absolute atomic E-state index is 13.1. The van der Waals surface area contributed by atoms with E-state index in [2.05, 4.69) is 5.32 Å². The van der Waals surface area contributed by atoms with Crippen LogP contribution < -0.4 is 10.1 Å². The van der Waals surface area contributed by atoms with Crippen LogP contribution in [0.5, 0.6) is 5.75 Å². The Morgan fingerprint density at radius 2 is 1.81 bits per heavy atom. The molecule has 1 N–H and O–H groups in total. The fraction of sp³-hybridized carbons (Fsp3) is 0.333. The van der Waals surface area contributed by atoms with Gasteiger partial charge in [-0.25, -0.2) is 0 Å². The van der Waals surface area contributed by atoms with E-state index in [1.807, 2.05) is 48.5 Å². The number of nitrogens with one attached hydrogen (secondary N) is 1. The van der Waals surface area contributed by atoms with E-state index in [0.717, 1.165) is 28.9 Å². The topological polar surface area (TPSA) is 58.6 Å². The molecule has 2 amide bonds. The third-order valence-corrected chi connectivity index (χ3v) is 5.23. The van der Waals surface area contributed by atoms with E-state index in [0.29, 0.717) is 19.6 Å². The van der Waals surface area contributed by atoms with Gasteiger partial charge in [-0.2, -0.15) is 0 Å². The number of rotatable bonds is 2. The molecule has 0 bridgehead atoms. The zero-order valence-corrected chi connectivity index (χ0v) is 14.8. The summed E-state index contributed by atoms with van der Waals surface area (Å²) in [5.74, 6) is 0.643. The summed E-state index contributed by atoms with van der Waals surface area (Å²) >= 11 is 0. The second-order valence-corrected chi connectivity index (χ2v) is 6.87. The first-order chi connectivity index (χ1) is 12.6. The number of fused-ring (bicyclic) bond motifs is 2. The van der Waals surface area contributed by atoms with Gasteiger partial charge in [0.2, 0.25) is 11.8 Å². The number of nitrogens with zero attached hydrogens (tertiary/aromatic N) is 1. The van der Waals surface area contributed by atoms with Crippen LogP contribution in [-0.2, 0) is 22.6 Å². The second-order valence-electron chi connectivity index (χ2n) is 6.87. The summed E-state index contributed by atoms with van der Waals surface area (Å²) in [5.41, 5.74) is 3.25. The standard InChI is InChI=1S/C21H22N2O3/c1-14(24)23-13-16-7-3-2-6-15(16)12-19(23)21(25)22-18-10-11-26-20-9-5-4-8-17(18)20/h2-9,18-19H,10-13H2,1H3,(H,22,25)/t18-,19-/m0/s1. The Hall–Kier alpha value is -2.82. The largest absolute Gasteiger partial charge is 0.493 e. The van der Waals surface area contributed by atoms with Crippen molar-refractivity contribution in [2.75, 3.05) is 6.61 Å². The molecule has 0 radical (unpaired) electrons. The molecule has 0 saturated carbocycles. The van der Waals surface area contributed by atoms with Gasteiger partial charge in [0.25, 0.3) is 0 Å². The molecular weight excluding hydrogens is 328 g/mol. The first-order valence-electron chi connectivity index (χ1n) is 8.99. The summed E-state index contributed by atoms with van der Waals surface area (Å²) in [6.45, 7) is 2.58. The van der Waals surface area contributed by atoms with E-state index in [9.17, 15) is 9.59 Å². The Kier molecular flexibility index (Phi) is 4.37. The lowest BCUT2D eigenvalue weighted by Gasteiger charge is -2.36. The van der Waals surface area contributed by atoms with Gasteiger partial charge in [0, 0.05) is 31.9 Å². The van der Waals surface area contributed by atoms with E-state index in [1.165, 1.54) is 6.92 Å². The summed E-state index contributed by atoms with van der Waals surface area (Å²) in [6, 6.07) is 15.2. The van der Waals surface area contributed by atoms with Crippen molar-refractivity contribution in [1.29, 1.82) is 0 Å². The minimum atomic E-state index is -0.475. The lowest BCUT2D eigenvalue weighted by molar-refractivity contribution is -0.140. The van der Waals surface area contributed by atoms with Gasteiger partial charge in [0.15, 0.2) is 0 Å². The van der Waals surface area contributed by atoms with Crippen LogP contribution in [0.1, 0.15) is 36.1 Å². The Bertz CT molecular complexity index is 849. The van der Waals surface area contributed by atoms with Crippen molar-refractivity contribution in [3.63, 3.8) is 0 Å². The Morgan fingerprint density at radius 1 is 1.08 bits per heavy atom. The highest BCUT2D eigenvalue weighted by Gasteiger charge is 2.34. The molecule has 0 spiro atoms. The normalized spacial score (nSPS) is 21.2. The van der Waals surface area contributed by atoms with Crippen LogP contribution in [-0.4, -0.2) is 29.4 Å². The Balaban J connectivity index is 1.57. The van der Waals surface area contributed by atoms with Crippen LogP contribution in [0.3, 0.4) is 0 Å². The van der Waals surface area contributed by atoms with Gasteiger partial charge >= 0.3 is 0 Å². The van der Waals surface area contributed by atoms with Crippen LogP contribution in [0, 0.1) is 0 Å². The smallest absolute Gasteiger partial charge is 0.243 e. The highest BCUT2D eigenvalue weighted by Crippen LogP contribution is 2.32. The summed E-state index contributed by atoms with van der Waals surface area (Å²) < 4.78 is 5.67. The average Bonchev–Trinajstić information content (AvgIpc) is 2.67. The molecular formula is C21H22N2O3. The third-order valence-electron chi connectivity index (χ3n) is 5.23. The molecule has 2 aromatic carbocycles. The molecule has 2 aliphatic heterocycles. The minimum absolute atomic E-state index is 0.0768. The van der Waals surface area contributed by atoms with E-state index in [4.69, 9.17) is 4.74 Å². The molecule has 2 heterocycles. The van der Waals surface area contributed by atoms with Crippen LogP contribution in [0.4, 0.5) is 0 Å². The first-order valence-corrected chi connectivity index (χ1v) is 8.99. The predicted octanol–water partition coefficient (Wildman–Crippen LogP) is 2.60. The Labute approximate surface area is 153 Å². The highest BCUT2D eigenvalue weighted by molar-refractivity contribution is 5.88. The molecule has 0 fully saturated rings. The number of hydrogen-bond acceptors (Lipinski definition) is 3. The van der Waals surface area contributed by atoms with Crippen LogP contribution in [0.2, 0.25) is 0 Å². The molecule has 5 nitrogen and oxygen atoms in total. The molecule has 134 valence electrons. The summed E-state index contributed by atoms with van der Waals surface area (Å²) in [7, 11) is 0. The van der Waals surface area contributed by atoms with Gasteiger partial charge in [-0.05, 0) is 17.2 Å². The molecule has 2 aliphatic rings. The number of hydrogen-bond donors (Lipinski definition) is 1. The van der Waals surface area contributed by atoms with Crippen LogP contribution in [0.25, 0.3) is 0 Å². The van der Waals surface area contributed by atoms with Crippen molar-refractivity contribution in [2.45, 2.75) is 38.4 Å². The number of amides is 2. The van der Waals surface area contributed by atoms with Crippen molar-refractivity contribution >= 4 is 11.8 Å². The number of carbonyl (C=O) groups excluding carboxylic acids is 2. The zero-order chi connectivity index (χ0) is 18.1. The third kappa shape index (κ3) is 3.05. The molecule has 4 rings (SSSR count). The van der Waals surface area contributed by atoms with Crippen LogP contribution >= 0.6 is 0 Å². The van der Waals surface area contributed by atoms with Crippen molar-refractivity contribution in [3.05, 3.63) is 65.2 Å². The van der Waals surface area contributed by atoms with Gasteiger partial charge in [-0.3, -0.25) is 9.59 Å². The molecule has 2 aromatic rings. The minimum Gasteiger partial charge on any atom is -0.493 e. The monoisotopic (exact) mass is 350 g/mol. The lowest BCUT2D eigenvalue weighted by Crippen LogP contribution is -2.52. The van der Waals surface area contributed by atoms with Gasteiger partial charge < -0.3 is 15.0 Å². The van der Waals surface area contributed by atoms with E-state index < -0.39 is 6.04 Å². The van der Waals surface area contributed by atoms with E-state index in [-0.39, 0.29) is 17.9 Å². The molecule has 2 atom stereocenters. The molecule has 0 saturated heterocycles. The average molecular weight is 350 g/mol. The van der Waals surface area contributed by atoms with Crippen LogP contribution in [0.15, 0.2) is 48.5 Å². The van der Waals surface area contributed by atoms with E-state index >= 15 is 0 Å². The van der Waals surface area contributed by atoms with Gasteiger partial charge in [-0.15, -0.1) is 0 Å². The Morgan fingerprint density at radius 3 is 2.62 bits per heavy atom. The fourth-order valence-electron chi connectivity index (χ4n) is 3.85. The van der Waals surface area contributed by atoms with Gasteiger partial charge in [0.05, 0.1) is 12.6 Å². The maximum Gasteiger partial charge on any atom is 0.243 e. The number of benzene rings is 2. The van der Waals surface area contributed by atoms with Crippen molar-refractivity contribution < 1.29 is 14.3 Å². The quantitative estimate of drug-likeness (QED) is 0.906. The second kappa shape index (κ2) is 6.83. The number of ether oxygens (including phenoxy) is 1. The summed E-state index contributed by atoms with van der Waals surface area (Å²) in [6.07, 6.45) is 1.28. The van der Waals surface area contributed by atoms with Gasteiger partial charge in [0.1, 0.15) is 11.8 Å². The summed E-state index contributed by atoms with van der Waals surface area (Å²) in [4.78, 5) is 26.9. The van der Waals surface area contributed by atoms with Crippen molar-refractivity contribution in [1.82, 2.24) is 10.2 Å². The van der Waals surface area contributed by atoms with Crippen molar-refractivity contribution in [2.24, 2.45) is 0 Å². The molecule has 0 unspecified atom stereocenters. The number of carbonyl (C=O) groups is 2. The predicted molar refractivity (Wildman–Crippen MR) is 97.6 cm³/mol. The molecule has 5 heteroatoms. The van der Waals surface area contributed by atoms with Crippen molar-refractivity contribution in [3.8, 4) is 5.75 Å². The first kappa shape index (κ1) is 16.6. The number of para-hydroxylation sites is 1. The molecule has 26 heavy (non-hydrogen) atoms. The maximum atomic E-state index is 13.1. The molecule has 0 aromatic heterocycles. The zero-order valence-electron chi connectivity index (χ0n) is 14.8. The SMILES string of the molecule is CC(=O)N1Cc2ccccc2C[C@H]1C(=O)N[C@H]1CCOc2ccccc21. The fourth-order valence-corrected chi connectivity index (χ4v) is 3.85.